The number of anilines is 1. The molecule has 0 saturated heterocycles. The zero-order valence-corrected chi connectivity index (χ0v) is 13.8. The van der Waals surface area contributed by atoms with E-state index in [1.165, 1.54) is 17.5 Å². The molecule has 1 aliphatic rings. The number of nitrogens with one attached hydrogen (secondary N) is 2. The maximum Gasteiger partial charge on any atom is 0.255 e. The van der Waals surface area contributed by atoms with Gasteiger partial charge in [0.2, 0.25) is 0 Å². The fourth-order valence-electron chi connectivity index (χ4n) is 3.41. The highest BCUT2D eigenvalue weighted by atomic mass is 16.1. The van der Waals surface area contributed by atoms with Crippen molar-refractivity contribution in [1.29, 1.82) is 5.41 Å². The molecule has 0 atom stereocenters. The van der Waals surface area contributed by atoms with Crippen molar-refractivity contribution in [3.63, 3.8) is 0 Å². The lowest BCUT2D eigenvalue weighted by molar-refractivity contribution is 0.102. The van der Waals surface area contributed by atoms with Gasteiger partial charge in [0.25, 0.3) is 5.91 Å². The number of hydrogen-bond acceptors (Lipinski definition) is 2. The molecule has 25 heavy (non-hydrogen) atoms. The number of carbonyl (C=O) groups is 1. The zero-order chi connectivity index (χ0) is 17.4. The van der Waals surface area contributed by atoms with Gasteiger partial charge in [0, 0.05) is 16.8 Å². The molecule has 4 N–H and O–H groups in total. The maximum atomic E-state index is 12.6. The molecule has 0 spiro atoms. The summed E-state index contributed by atoms with van der Waals surface area (Å²) < 4.78 is 0. The number of amidine groups is 1. The number of fused-ring (bicyclic) bond motifs is 2. The Hall–Kier alpha value is -3.14. The van der Waals surface area contributed by atoms with E-state index in [1.54, 1.807) is 12.1 Å². The first kappa shape index (κ1) is 15.4. The lowest BCUT2D eigenvalue weighted by Crippen LogP contribution is -2.12. The fraction of sp³-hybridized carbons (Fsp3) is 0.143. The highest BCUT2D eigenvalue weighted by Crippen LogP contribution is 2.25. The van der Waals surface area contributed by atoms with Crippen molar-refractivity contribution in [3.8, 4) is 0 Å². The summed E-state index contributed by atoms with van der Waals surface area (Å²) in [5.41, 5.74) is 10.4. The number of nitrogens with two attached hydrogens (primary N) is 1. The number of aryl methyl sites for hydroxylation is 2. The third kappa shape index (κ3) is 2.98. The molecule has 3 aromatic carbocycles. The number of carbonyl (C=O) groups excluding carboxylic acids is 1. The van der Waals surface area contributed by atoms with Gasteiger partial charge in [-0.15, -0.1) is 0 Å². The Labute approximate surface area is 146 Å². The first-order valence-corrected chi connectivity index (χ1v) is 8.41. The van der Waals surface area contributed by atoms with Gasteiger partial charge in [-0.25, -0.2) is 0 Å². The van der Waals surface area contributed by atoms with E-state index in [-0.39, 0.29) is 11.7 Å². The third-order valence-corrected chi connectivity index (χ3v) is 4.77. The number of nitrogen functional groups attached to an aromatic ring is 1. The van der Waals surface area contributed by atoms with Crippen LogP contribution in [0.15, 0.2) is 54.6 Å². The van der Waals surface area contributed by atoms with E-state index in [9.17, 15) is 4.79 Å². The lowest BCUT2D eigenvalue weighted by atomic mass is 10.0. The van der Waals surface area contributed by atoms with E-state index in [0.29, 0.717) is 11.1 Å². The van der Waals surface area contributed by atoms with Gasteiger partial charge < -0.3 is 11.1 Å². The van der Waals surface area contributed by atoms with Crippen LogP contribution in [0, 0.1) is 5.41 Å². The molecule has 0 unspecified atom stereocenters. The highest BCUT2D eigenvalue weighted by Gasteiger charge is 2.13. The van der Waals surface area contributed by atoms with Gasteiger partial charge in [0.05, 0.1) is 0 Å². The van der Waals surface area contributed by atoms with Crippen molar-refractivity contribution in [1.82, 2.24) is 0 Å². The van der Waals surface area contributed by atoms with Crippen LogP contribution in [0.1, 0.15) is 33.5 Å². The second kappa shape index (κ2) is 6.06. The molecule has 0 saturated carbocycles. The molecule has 124 valence electrons. The van der Waals surface area contributed by atoms with E-state index in [1.807, 2.05) is 30.3 Å². The van der Waals surface area contributed by atoms with Crippen molar-refractivity contribution in [3.05, 3.63) is 76.9 Å². The van der Waals surface area contributed by atoms with Crippen LogP contribution in [0.25, 0.3) is 10.8 Å². The van der Waals surface area contributed by atoms with E-state index in [0.717, 1.165) is 29.3 Å². The smallest absolute Gasteiger partial charge is 0.255 e. The molecule has 4 nitrogen and oxygen atoms in total. The Morgan fingerprint density at radius 1 is 0.880 bits per heavy atom. The molecule has 0 aromatic heterocycles. The quantitative estimate of drug-likeness (QED) is 0.504. The Morgan fingerprint density at radius 2 is 1.56 bits per heavy atom. The van der Waals surface area contributed by atoms with Crippen molar-refractivity contribution in [2.45, 2.75) is 19.3 Å². The second-order valence-corrected chi connectivity index (χ2v) is 6.48. The van der Waals surface area contributed by atoms with E-state index in [2.05, 4.69) is 17.4 Å². The molecule has 0 fully saturated rings. The van der Waals surface area contributed by atoms with Crippen LogP contribution in [0.4, 0.5) is 5.69 Å². The summed E-state index contributed by atoms with van der Waals surface area (Å²) in [5.74, 6) is -0.0733. The van der Waals surface area contributed by atoms with Crippen molar-refractivity contribution >= 4 is 28.2 Å². The van der Waals surface area contributed by atoms with Crippen molar-refractivity contribution in [2.24, 2.45) is 5.73 Å². The molecular formula is C21H19N3O. The molecular weight excluding hydrogens is 310 g/mol. The predicted molar refractivity (Wildman–Crippen MR) is 101 cm³/mol. The normalized spacial score (nSPS) is 12.8. The summed E-state index contributed by atoms with van der Waals surface area (Å²) in [4.78, 5) is 12.6. The van der Waals surface area contributed by atoms with E-state index in [4.69, 9.17) is 11.1 Å². The van der Waals surface area contributed by atoms with E-state index < -0.39 is 0 Å². The third-order valence-electron chi connectivity index (χ3n) is 4.77. The average molecular weight is 329 g/mol. The first-order chi connectivity index (χ1) is 12.1. The van der Waals surface area contributed by atoms with Crippen LogP contribution >= 0.6 is 0 Å². The molecule has 1 aliphatic carbocycles. The van der Waals surface area contributed by atoms with E-state index >= 15 is 0 Å². The Kier molecular flexibility index (Phi) is 3.73. The lowest BCUT2D eigenvalue weighted by Gasteiger charge is -2.09. The molecule has 4 rings (SSSR count). The van der Waals surface area contributed by atoms with Crippen LogP contribution in [-0.2, 0) is 12.8 Å². The summed E-state index contributed by atoms with van der Waals surface area (Å²) in [7, 11) is 0. The maximum absolute atomic E-state index is 12.6. The molecule has 1 amide bonds. The van der Waals surface area contributed by atoms with Gasteiger partial charge in [-0.3, -0.25) is 10.2 Å². The minimum Gasteiger partial charge on any atom is -0.384 e. The average Bonchev–Trinajstić information content (AvgIpc) is 3.08. The standard InChI is InChI=1S/C21H19N3O/c22-20(23)17-6-4-16-11-18(7-5-15(16)10-17)21(25)24-19-9-8-13-2-1-3-14(13)12-19/h4-12H,1-3H2,(H3,22,23)(H,24,25). The first-order valence-electron chi connectivity index (χ1n) is 8.41. The molecule has 0 radical (unpaired) electrons. The summed E-state index contributed by atoms with van der Waals surface area (Å²) in [6, 6.07) is 17.3. The Bertz CT molecular complexity index is 1010. The number of hydrogen-bond donors (Lipinski definition) is 3. The molecule has 4 heteroatoms. The zero-order valence-electron chi connectivity index (χ0n) is 13.8. The summed E-state index contributed by atoms with van der Waals surface area (Å²) in [6.45, 7) is 0. The van der Waals surface area contributed by atoms with Crippen LogP contribution in [0.5, 0.6) is 0 Å². The summed E-state index contributed by atoms with van der Waals surface area (Å²) in [6.07, 6.45) is 3.42. The molecule has 0 bridgehead atoms. The number of rotatable bonds is 3. The summed E-state index contributed by atoms with van der Waals surface area (Å²) in [5, 5.41) is 12.4. The van der Waals surface area contributed by atoms with Crippen LogP contribution in [-0.4, -0.2) is 11.7 Å². The Morgan fingerprint density at radius 3 is 2.32 bits per heavy atom. The molecule has 0 aliphatic heterocycles. The molecule has 3 aromatic rings. The van der Waals surface area contributed by atoms with Crippen LogP contribution < -0.4 is 11.1 Å². The van der Waals surface area contributed by atoms with Crippen LogP contribution in [0.2, 0.25) is 0 Å². The van der Waals surface area contributed by atoms with Gasteiger partial charge in [-0.2, -0.15) is 0 Å². The minimum absolute atomic E-state index is 0.0420. The van der Waals surface area contributed by atoms with Gasteiger partial charge in [0.15, 0.2) is 0 Å². The van der Waals surface area contributed by atoms with Gasteiger partial charge >= 0.3 is 0 Å². The van der Waals surface area contributed by atoms with Gasteiger partial charge in [-0.05, 0) is 71.5 Å². The van der Waals surface area contributed by atoms with Crippen molar-refractivity contribution < 1.29 is 4.79 Å². The van der Waals surface area contributed by atoms with Gasteiger partial charge in [0.1, 0.15) is 5.84 Å². The minimum atomic E-state index is -0.115. The fourth-order valence-corrected chi connectivity index (χ4v) is 3.41. The van der Waals surface area contributed by atoms with Gasteiger partial charge in [-0.1, -0.05) is 24.3 Å². The topological polar surface area (TPSA) is 79.0 Å². The second-order valence-electron chi connectivity index (χ2n) is 6.48. The predicted octanol–water partition coefficient (Wildman–Crippen LogP) is 3.86. The molecule has 0 heterocycles. The SMILES string of the molecule is N=C(N)c1ccc2cc(C(=O)Nc3ccc4c(c3)CCC4)ccc2c1. The Balaban J connectivity index is 1.59. The number of benzene rings is 3. The largest absolute Gasteiger partial charge is 0.384 e. The van der Waals surface area contributed by atoms with Crippen LogP contribution in [0.3, 0.4) is 0 Å². The monoisotopic (exact) mass is 329 g/mol. The highest BCUT2D eigenvalue weighted by molar-refractivity contribution is 6.07. The summed E-state index contributed by atoms with van der Waals surface area (Å²) >= 11 is 0. The van der Waals surface area contributed by atoms with Crippen molar-refractivity contribution in [2.75, 3.05) is 5.32 Å². The number of amides is 1.